The SMILES string of the molecule is C=C1C(O)=C(C(=O)NCC(C)Oc2ccc(F)cc2)CN1C. The molecule has 1 amide bonds. The van der Waals surface area contributed by atoms with Crippen LogP contribution in [0.25, 0.3) is 0 Å². The quantitative estimate of drug-likeness (QED) is 0.873. The van der Waals surface area contributed by atoms with Crippen LogP contribution in [0.4, 0.5) is 4.39 Å². The number of rotatable bonds is 5. The number of hydrogen-bond donors (Lipinski definition) is 2. The van der Waals surface area contributed by atoms with Gasteiger partial charge in [-0.05, 0) is 31.2 Å². The average molecular weight is 306 g/mol. The smallest absolute Gasteiger partial charge is 0.252 e. The molecule has 0 radical (unpaired) electrons. The molecule has 1 aromatic rings. The number of likely N-dealkylation sites (N-methyl/N-ethyl adjacent to an activating group) is 1. The molecule has 0 spiro atoms. The van der Waals surface area contributed by atoms with Crippen LogP contribution in [-0.2, 0) is 4.79 Å². The molecule has 2 N–H and O–H groups in total. The number of benzene rings is 1. The van der Waals surface area contributed by atoms with E-state index in [9.17, 15) is 14.3 Å². The number of nitrogens with zero attached hydrogens (tertiary/aromatic N) is 1. The van der Waals surface area contributed by atoms with E-state index in [-0.39, 0.29) is 30.1 Å². The zero-order valence-corrected chi connectivity index (χ0v) is 12.6. The molecule has 1 aliphatic rings. The van der Waals surface area contributed by atoms with E-state index in [1.807, 2.05) is 0 Å². The molecule has 1 unspecified atom stereocenters. The van der Waals surface area contributed by atoms with Gasteiger partial charge < -0.3 is 20.1 Å². The number of halogens is 1. The van der Waals surface area contributed by atoms with E-state index in [2.05, 4.69) is 11.9 Å². The van der Waals surface area contributed by atoms with Crippen LogP contribution < -0.4 is 10.1 Å². The summed E-state index contributed by atoms with van der Waals surface area (Å²) in [4.78, 5) is 13.7. The Hall–Kier alpha value is -2.50. The van der Waals surface area contributed by atoms with E-state index in [4.69, 9.17) is 4.74 Å². The maximum Gasteiger partial charge on any atom is 0.252 e. The number of nitrogens with one attached hydrogen (secondary N) is 1. The first-order valence-electron chi connectivity index (χ1n) is 6.91. The molecular formula is C16H19FN2O3. The Labute approximate surface area is 128 Å². The summed E-state index contributed by atoms with van der Waals surface area (Å²) in [5, 5.41) is 12.5. The van der Waals surface area contributed by atoms with Gasteiger partial charge in [-0.3, -0.25) is 4.79 Å². The van der Waals surface area contributed by atoms with E-state index in [0.29, 0.717) is 23.6 Å². The van der Waals surface area contributed by atoms with Gasteiger partial charge in [0.15, 0.2) is 0 Å². The zero-order valence-electron chi connectivity index (χ0n) is 12.6. The summed E-state index contributed by atoms with van der Waals surface area (Å²) in [6.07, 6.45) is -0.292. The molecule has 0 fully saturated rings. The van der Waals surface area contributed by atoms with Crippen LogP contribution in [0.15, 0.2) is 47.9 Å². The summed E-state index contributed by atoms with van der Waals surface area (Å²) in [5.41, 5.74) is 0.724. The number of carbonyl (C=O) groups excluding carboxylic acids is 1. The van der Waals surface area contributed by atoms with Crippen molar-refractivity contribution in [2.24, 2.45) is 0 Å². The lowest BCUT2D eigenvalue weighted by Gasteiger charge is -2.16. The molecule has 0 bridgehead atoms. The van der Waals surface area contributed by atoms with Gasteiger partial charge in [-0.2, -0.15) is 0 Å². The van der Waals surface area contributed by atoms with E-state index >= 15 is 0 Å². The zero-order chi connectivity index (χ0) is 16.3. The van der Waals surface area contributed by atoms with Gasteiger partial charge in [-0.25, -0.2) is 4.39 Å². The Balaban J connectivity index is 1.86. The molecule has 0 aromatic heterocycles. The van der Waals surface area contributed by atoms with Crippen LogP contribution in [-0.4, -0.2) is 42.2 Å². The molecule has 0 saturated heterocycles. The van der Waals surface area contributed by atoms with Gasteiger partial charge in [0.05, 0.1) is 24.4 Å². The molecule has 0 aliphatic carbocycles. The van der Waals surface area contributed by atoms with Crippen molar-refractivity contribution in [3.8, 4) is 5.75 Å². The summed E-state index contributed by atoms with van der Waals surface area (Å²) >= 11 is 0. The van der Waals surface area contributed by atoms with Gasteiger partial charge in [0.25, 0.3) is 5.91 Å². The topological polar surface area (TPSA) is 61.8 Å². The van der Waals surface area contributed by atoms with Crippen molar-refractivity contribution in [1.29, 1.82) is 0 Å². The Bertz CT molecular complexity index is 610. The van der Waals surface area contributed by atoms with Crippen molar-refractivity contribution < 1.29 is 19.0 Å². The Morgan fingerprint density at radius 2 is 2.14 bits per heavy atom. The first-order chi connectivity index (χ1) is 10.4. The van der Waals surface area contributed by atoms with Crippen LogP contribution >= 0.6 is 0 Å². The molecular weight excluding hydrogens is 287 g/mol. The fourth-order valence-electron chi connectivity index (χ4n) is 2.07. The number of ether oxygens (including phenoxy) is 1. The van der Waals surface area contributed by atoms with Crippen molar-refractivity contribution >= 4 is 5.91 Å². The monoisotopic (exact) mass is 306 g/mol. The molecule has 5 nitrogen and oxygen atoms in total. The average Bonchev–Trinajstić information content (AvgIpc) is 2.75. The standard InChI is InChI=1S/C16H19FN2O3/c1-10(22-13-6-4-12(17)5-7-13)8-18-16(21)14-9-19(3)11(2)15(14)20/h4-7,10,20H,2,8-9H2,1,3H3,(H,18,21). The Morgan fingerprint density at radius 3 is 2.68 bits per heavy atom. The number of aliphatic hydroxyl groups excluding tert-OH is 1. The number of hydrogen-bond acceptors (Lipinski definition) is 4. The summed E-state index contributed by atoms with van der Waals surface area (Å²) < 4.78 is 18.4. The molecule has 2 rings (SSSR count). The molecule has 22 heavy (non-hydrogen) atoms. The third kappa shape index (κ3) is 3.58. The second kappa shape index (κ2) is 6.51. The summed E-state index contributed by atoms with van der Waals surface area (Å²) in [7, 11) is 1.75. The summed E-state index contributed by atoms with van der Waals surface area (Å²) in [6.45, 7) is 6.07. The van der Waals surface area contributed by atoms with Crippen molar-refractivity contribution in [2.75, 3.05) is 20.1 Å². The minimum atomic E-state index is -0.349. The molecule has 1 heterocycles. The highest BCUT2D eigenvalue weighted by Crippen LogP contribution is 2.22. The van der Waals surface area contributed by atoms with Crippen LogP contribution in [0.2, 0.25) is 0 Å². The lowest BCUT2D eigenvalue weighted by atomic mass is 10.2. The number of carbonyl (C=O) groups is 1. The van der Waals surface area contributed by atoms with E-state index in [1.54, 1.807) is 18.9 Å². The fourth-order valence-corrected chi connectivity index (χ4v) is 2.07. The third-order valence-electron chi connectivity index (χ3n) is 3.39. The highest BCUT2D eigenvalue weighted by molar-refractivity contribution is 5.95. The number of amides is 1. The molecule has 1 aromatic carbocycles. The van der Waals surface area contributed by atoms with Crippen LogP contribution in [0, 0.1) is 5.82 Å². The van der Waals surface area contributed by atoms with Gasteiger partial charge in [-0.15, -0.1) is 0 Å². The van der Waals surface area contributed by atoms with Gasteiger partial charge in [0.2, 0.25) is 0 Å². The second-order valence-electron chi connectivity index (χ2n) is 5.22. The maximum atomic E-state index is 12.8. The van der Waals surface area contributed by atoms with Crippen LogP contribution in [0.3, 0.4) is 0 Å². The first-order valence-corrected chi connectivity index (χ1v) is 6.91. The minimum absolute atomic E-state index is 0.0768. The first kappa shape index (κ1) is 15.9. The predicted molar refractivity (Wildman–Crippen MR) is 80.9 cm³/mol. The molecule has 1 aliphatic heterocycles. The Kier molecular flexibility index (Phi) is 4.70. The van der Waals surface area contributed by atoms with Gasteiger partial charge in [0.1, 0.15) is 23.4 Å². The van der Waals surface area contributed by atoms with Gasteiger partial charge in [0, 0.05) is 7.05 Å². The van der Waals surface area contributed by atoms with Crippen LogP contribution in [0.5, 0.6) is 5.75 Å². The second-order valence-corrected chi connectivity index (χ2v) is 5.22. The van der Waals surface area contributed by atoms with Crippen molar-refractivity contribution in [3.63, 3.8) is 0 Å². The minimum Gasteiger partial charge on any atom is -0.505 e. The maximum absolute atomic E-state index is 12.8. The lowest BCUT2D eigenvalue weighted by Crippen LogP contribution is -2.35. The van der Waals surface area contributed by atoms with E-state index in [1.165, 1.54) is 24.3 Å². The summed E-state index contributed by atoms with van der Waals surface area (Å²) in [5.74, 6) is -0.231. The third-order valence-corrected chi connectivity index (χ3v) is 3.39. The highest BCUT2D eigenvalue weighted by Gasteiger charge is 2.27. The Morgan fingerprint density at radius 1 is 1.50 bits per heavy atom. The lowest BCUT2D eigenvalue weighted by molar-refractivity contribution is -0.118. The molecule has 1 atom stereocenters. The fraction of sp³-hybridized carbons (Fsp3) is 0.312. The molecule has 6 heteroatoms. The van der Waals surface area contributed by atoms with Gasteiger partial charge in [-0.1, -0.05) is 6.58 Å². The van der Waals surface area contributed by atoms with Crippen molar-refractivity contribution in [3.05, 3.63) is 53.7 Å². The predicted octanol–water partition coefficient (Wildman–Crippen LogP) is 1.98. The van der Waals surface area contributed by atoms with E-state index in [0.717, 1.165) is 0 Å². The van der Waals surface area contributed by atoms with Crippen molar-refractivity contribution in [2.45, 2.75) is 13.0 Å². The van der Waals surface area contributed by atoms with Crippen molar-refractivity contribution in [1.82, 2.24) is 10.2 Å². The largest absolute Gasteiger partial charge is 0.505 e. The summed E-state index contributed by atoms with van der Waals surface area (Å²) in [6, 6.07) is 5.67. The highest BCUT2D eigenvalue weighted by atomic mass is 19.1. The number of aliphatic hydroxyl groups is 1. The molecule has 0 saturated carbocycles. The van der Waals surface area contributed by atoms with Crippen LogP contribution in [0.1, 0.15) is 6.92 Å². The van der Waals surface area contributed by atoms with E-state index < -0.39 is 0 Å². The normalized spacial score (nSPS) is 16.0. The molecule has 118 valence electrons. The van der Waals surface area contributed by atoms with Gasteiger partial charge >= 0.3 is 0 Å².